The molecule has 4 rings (SSSR count). The first kappa shape index (κ1) is 13.1. The van der Waals surface area contributed by atoms with Crippen LogP contribution in [0.3, 0.4) is 0 Å². The fraction of sp³-hybridized carbons (Fsp3) is 0.150. The number of fused-ring (bicyclic) bond motifs is 3. The zero-order valence-electron chi connectivity index (χ0n) is 12.8. The molecule has 0 amide bonds. The molecule has 0 fully saturated rings. The quantitative estimate of drug-likeness (QED) is 0.536. The van der Waals surface area contributed by atoms with Crippen LogP contribution in [0.25, 0.3) is 22.3 Å². The lowest BCUT2D eigenvalue weighted by atomic mass is 9.93. The first-order chi connectivity index (χ1) is 10.8. The van der Waals surface area contributed by atoms with Gasteiger partial charge in [-0.3, -0.25) is 0 Å². The number of rotatable bonds is 2. The van der Waals surface area contributed by atoms with E-state index >= 15 is 0 Å². The normalized spacial score (nSPS) is 11.9. The highest BCUT2D eigenvalue weighted by atomic mass is 16.5. The summed E-state index contributed by atoms with van der Waals surface area (Å²) in [6.07, 6.45) is 0.877. The minimum Gasteiger partial charge on any atom is -0.481 e. The van der Waals surface area contributed by atoms with Gasteiger partial charge in [0.05, 0.1) is 12.8 Å². The van der Waals surface area contributed by atoms with Gasteiger partial charge in [0.15, 0.2) is 0 Å². The van der Waals surface area contributed by atoms with Crippen LogP contribution in [-0.2, 0) is 6.42 Å². The molecular formula is C20H17NO. The number of ether oxygens (including phenoxy) is 1. The highest BCUT2D eigenvalue weighted by Crippen LogP contribution is 2.45. The zero-order valence-corrected chi connectivity index (χ0v) is 12.8. The van der Waals surface area contributed by atoms with Gasteiger partial charge in [0.2, 0.25) is 5.88 Å². The summed E-state index contributed by atoms with van der Waals surface area (Å²) in [6.45, 7) is 2.09. The molecule has 0 saturated heterocycles. The molecule has 0 saturated carbocycles. The first-order valence-electron chi connectivity index (χ1n) is 7.50. The standard InChI is InChI=1S/C20H17NO/c1-13-18(14-8-4-3-5-9-14)19-16-11-7-6-10-15(16)12-17(19)21-20(13)22-2/h3-11H,12H2,1-2H3. The van der Waals surface area contributed by atoms with Crippen LogP contribution < -0.4 is 4.74 Å². The summed E-state index contributed by atoms with van der Waals surface area (Å²) in [5, 5.41) is 0. The molecule has 0 spiro atoms. The van der Waals surface area contributed by atoms with E-state index in [1.807, 2.05) is 6.07 Å². The summed E-state index contributed by atoms with van der Waals surface area (Å²) in [4.78, 5) is 4.75. The lowest BCUT2D eigenvalue weighted by Crippen LogP contribution is -1.99. The van der Waals surface area contributed by atoms with Crippen molar-refractivity contribution >= 4 is 0 Å². The van der Waals surface area contributed by atoms with Crippen LogP contribution in [0.5, 0.6) is 5.88 Å². The van der Waals surface area contributed by atoms with Gasteiger partial charge in [0.1, 0.15) is 0 Å². The third-order valence-corrected chi connectivity index (χ3v) is 4.37. The molecular weight excluding hydrogens is 270 g/mol. The molecule has 108 valence electrons. The third-order valence-electron chi connectivity index (χ3n) is 4.37. The third kappa shape index (κ3) is 1.84. The van der Waals surface area contributed by atoms with Crippen LogP contribution in [0.15, 0.2) is 54.6 Å². The van der Waals surface area contributed by atoms with Gasteiger partial charge < -0.3 is 4.74 Å². The van der Waals surface area contributed by atoms with Crippen LogP contribution in [-0.4, -0.2) is 12.1 Å². The Morgan fingerprint density at radius 1 is 0.909 bits per heavy atom. The summed E-state index contributed by atoms with van der Waals surface area (Å²) < 4.78 is 5.52. The molecule has 2 aromatic carbocycles. The van der Waals surface area contributed by atoms with Crippen LogP contribution >= 0.6 is 0 Å². The van der Waals surface area contributed by atoms with Crippen molar-refractivity contribution in [3.63, 3.8) is 0 Å². The minimum atomic E-state index is 0.727. The molecule has 0 atom stereocenters. The Bertz CT molecular complexity index is 853. The molecule has 3 aromatic rings. The lowest BCUT2D eigenvalue weighted by molar-refractivity contribution is 0.394. The highest BCUT2D eigenvalue weighted by Gasteiger charge is 2.26. The van der Waals surface area contributed by atoms with Crippen LogP contribution in [0.2, 0.25) is 0 Å². The van der Waals surface area contributed by atoms with E-state index in [0.29, 0.717) is 0 Å². The number of hydrogen-bond donors (Lipinski definition) is 0. The molecule has 0 radical (unpaired) electrons. The van der Waals surface area contributed by atoms with Crippen molar-refractivity contribution in [1.82, 2.24) is 4.98 Å². The maximum Gasteiger partial charge on any atom is 0.216 e. The van der Waals surface area contributed by atoms with E-state index in [4.69, 9.17) is 9.72 Å². The van der Waals surface area contributed by atoms with Crippen molar-refractivity contribution in [3.05, 3.63) is 71.4 Å². The monoisotopic (exact) mass is 287 g/mol. The van der Waals surface area contributed by atoms with Crippen molar-refractivity contribution in [1.29, 1.82) is 0 Å². The Balaban J connectivity index is 2.08. The summed E-state index contributed by atoms with van der Waals surface area (Å²) in [5.41, 5.74) is 8.58. The van der Waals surface area contributed by atoms with Gasteiger partial charge in [-0.1, -0.05) is 54.6 Å². The maximum absolute atomic E-state index is 5.52. The number of benzene rings is 2. The first-order valence-corrected chi connectivity index (χ1v) is 7.50. The Kier molecular flexibility index (Phi) is 2.97. The van der Waals surface area contributed by atoms with E-state index in [1.54, 1.807) is 7.11 Å². The van der Waals surface area contributed by atoms with Gasteiger partial charge in [-0.25, -0.2) is 4.98 Å². The predicted octanol–water partition coefficient (Wildman–Crippen LogP) is 4.64. The fourth-order valence-corrected chi connectivity index (χ4v) is 3.38. The number of aromatic nitrogens is 1. The second kappa shape index (κ2) is 4.99. The van der Waals surface area contributed by atoms with E-state index in [0.717, 1.165) is 23.6 Å². The Morgan fingerprint density at radius 2 is 1.64 bits per heavy atom. The van der Waals surface area contributed by atoms with E-state index < -0.39 is 0 Å². The number of nitrogens with zero attached hydrogens (tertiary/aromatic N) is 1. The van der Waals surface area contributed by atoms with Crippen molar-refractivity contribution in [2.45, 2.75) is 13.3 Å². The molecule has 2 nitrogen and oxygen atoms in total. The highest BCUT2D eigenvalue weighted by molar-refractivity contribution is 5.91. The summed E-state index contributed by atoms with van der Waals surface area (Å²) >= 11 is 0. The lowest BCUT2D eigenvalue weighted by Gasteiger charge is -2.16. The molecule has 0 N–H and O–H groups in total. The average molecular weight is 287 g/mol. The number of pyridine rings is 1. The van der Waals surface area contributed by atoms with Crippen LogP contribution in [0, 0.1) is 6.92 Å². The molecule has 1 aliphatic rings. The fourth-order valence-electron chi connectivity index (χ4n) is 3.38. The topological polar surface area (TPSA) is 22.1 Å². The van der Waals surface area contributed by atoms with E-state index in [2.05, 4.69) is 55.5 Å². The van der Waals surface area contributed by atoms with Crippen molar-refractivity contribution in [2.24, 2.45) is 0 Å². The number of methoxy groups -OCH3 is 1. The van der Waals surface area contributed by atoms with Crippen molar-refractivity contribution in [3.8, 4) is 28.1 Å². The second-order valence-electron chi connectivity index (χ2n) is 5.64. The van der Waals surface area contributed by atoms with Gasteiger partial charge in [0.25, 0.3) is 0 Å². The molecule has 1 aliphatic carbocycles. The summed E-state index contributed by atoms with van der Waals surface area (Å²) in [5.74, 6) is 0.727. The number of hydrogen-bond acceptors (Lipinski definition) is 2. The Hall–Kier alpha value is -2.61. The molecule has 0 aliphatic heterocycles. The Labute approximate surface area is 130 Å². The maximum atomic E-state index is 5.52. The van der Waals surface area contributed by atoms with E-state index in [-0.39, 0.29) is 0 Å². The largest absolute Gasteiger partial charge is 0.481 e. The molecule has 2 heteroatoms. The van der Waals surface area contributed by atoms with Gasteiger partial charge in [0, 0.05) is 17.5 Å². The molecule has 1 aromatic heterocycles. The van der Waals surface area contributed by atoms with Gasteiger partial charge in [-0.2, -0.15) is 0 Å². The Morgan fingerprint density at radius 3 is 2.41 bits per heavy atom. The minimum absolute atomic E-state index is 0.727. The molecule has 0 bridgehead atoms. The van der Waals surface area contributed by atoms with Gasteiger partial charge in [-0.15, -0.1) is 0 Å². The van der Waals surface area contributed by atoms with Crippen LogP contribution in [0.1, 0.15) is 16.8 Å². The second-order valence-corrected chi connectivity index (χ2v) is 5.64. The summed E-state index contributed by atoms with van der Waals surface area (Å²) in [7, 11) is 1.69. The molecule has 22 heavy (non-hydrogen) atoms. The van der Waals surface area contributed by atoms with E-state index in [1.165, 1.54) is 27.8 Å². The van der Waals surface area contributed by atoms with Crippen molar-refractivity contribution in [2.75, 3.05) is 7.11 Å². The zero-order chi connectivity index (χ0) is 15.1. The average Bonchev–Trinajstić information content (AvgIpc) is 2.93. The van der Waals surface area contributed by atoms with Gasteiger partial charge in [-0.05, 0) is 29.2 Å². The molecule has 0 unspecified atom stereocenters. The SMILES string of the molecule is COc1nc2c(c(-c3ccccc3)c1C)-c1ccccc1C2. The molecule has 1 heterocycles. The summed E-state index contributed by atoms with van der Waals surface area (Å²) in [6, 6.07) is 19.1. The predicted molar refractivity (Wildman–Crippen MR) is 89.2 cm³/mol. The van der Waals surface area contributed by atoms with Gasteiger partial charge >= 0.3 is 0 Å². The smallest absolute Gasteiger partial charge is 0.216 e. The van der Waals surface area contributed by atoms with E-state index in [9.17, 15) is 0 Å². The van der Waals surface area contributed by atoms with Crippen molar-refractivity contribution < 1.29 is 4.74 Å². The van der Waals surface area contributed by atoms with Crippen LogP contribution in [0.4, 0.5) is 0 Å².